The first-order valence-corrected chi connectivity index (χ1v) is 9.06. The van der Waals surface area contributed by atoms with Crippen molar-refractivity contribution < 1.29 is 4.74 Å². The Labute approximate surface area is 136 Å². The Bertz CT molecular complexity index is 614. The second-order valence-electron chi connectivity index (χ2n) is 4.87. The summed E-state index contributed by atoms with van der Waals surface area (Å²) < 4.78 is 7.95. The molecule has 0 fully saturated rings. The van der Waals surface area contributed by atoms with Gasteiger partial charge in [-0.2, -0.15) is 0 Å². The van der Waals surface area contributed by atoms with Gasteiger partial charge in [0.05, 0.1) is 23.0 Å². The number of anilines is 1. The van der Waals surface area contributed by atoms with E-state index in [9.17, 15) is 0 Å². The molecule has 5 heteroatoms. The zero-order valence-corrected chi connectivity index (χ0v) is 14.6. The van der Waals surface area contributed by atoms with Crippen LogP contribution in [0.4, 0.5) is 5.69 Å². The summed E-state index contributed by atoms with van der Waals surface area (Å²) in [5.74, 6) is 0.885. The van der Waals surface area contributed by atoms with Crippen LogP contribution in [0.5, 0.6) is 5.75 Å². The Hall–Kier alpha value is -0.650. The molecule has 0 amide bonds. The highest BCUT2D eigenvalue weighted by atomic mass is 79.9. The summed E-state index contributed by atoms with van der Waals surface area (Å²) in [4.78, 5) is 0. The number of rotatable bonds is 3. The second kappa shape index (κ2) is 6.00. The van der Waals surface area contributed by atoms with Gasteiger partial charge in [-0.1, -0.05) is 22.9 Å². The summed E-state index contributed by atoms with van der Waals surface area (Å²) in [7, 11) is 1.71. The fourth-order valence-electron chi connectivity index (χ4n) is 2.47. The van der Waals surface area contributed by atoms with E-state index < -0.39 is 0 Å². The number of halogens is 1. The molecule has 3 rings (SSSR count). The molecule has 0 saturated carbocycles. The van der Waals surface area contributed by atoms with Gasteiger partial charge in [-0.15, -0.1) is 23.1 Å². The number of thiophene rings is 1. The number of methoxy groups -OCH3 is 1. The van der Waals surface area contributed by atoms with Crippen molar-refractivity contribution in [2.24, 2.45) is 0 Å². The fourth-order valence-corrected chi connectivity index (χ4v) is 5.39. The van der Waals surface area contributed by atoms with Crippen molar-refractivity contribution in [3.63, 3.8) is 0 Å². The first-order valence-electron chi connectivity index (χ1n) is 6.51. The summed E-state index contributed by atoms with van der Waals surface area (Å²) in [6.45, 7) is 2.29. The van der Waals surface area contributed by atoms with E-state index in [0.717, 1.165) is 22.3 Å². The second-order valence-corrected chi connectivity index (χ2v) is 8.41. The van der Waals surface area contributed by atoms with Crippen LogP contribution in [-0.4, -0.2) is 12.4 Å². The van der Waals surface area contributed by atoms with Gasteiger partial charge < -0.3 is 10.1 Å². The third kappa shape index (κ3) is 2.85. The number of thioether (sulfide) groups is 1. The SMILES string of the molecule is COc1ccc(Br)cc1NC1C[C@H](C)Sc2sccc21. The van der Waals surface area contributed by atoms with E-state index >= 15 is 0 Å². The molecule has 2 atom stereocenters. The number of ether oxygens (including phenoxy) is 1. The predicted molar refractivity (Wildman–Crippen MR) is 91.3 cm³/mol. The highest BCUT2D eigenvalue weighted by molar-refractivity contribution is 9.10. The van der Waals surface area contributed by atoms with E-state index in [4.69, 9.17) is 4.74 Å². The molecule has 1 aromatic carbocycles. The highest BCUT2D eigenvalue weighted by Crippen LogP contribution is 2.45. The quantitative estimate of drug-likeness (QED) is 0.765. The van der Waals surface area contributed by atoms with Crippen LogP contribution in [0, 0.1) is 0 Å². The Morgan fingerprint density at radius 1 is 1.35 bits per heavy atom. The van der Waals surface area contributed by atoms with E-state index in [2.05, 4.69) is 45.7 Å². The lowest BCUT2D eigenvalue weighted by molar-refractivity contribution is 0.415. The standard InChI is InChI=1S/C15H16BrNOS2/c1-9-7-12(11-5-6-19-15(11)20-9)17-13-8-10(16)3-4-14(13)18-2/h3-6,8-9,12,17H,7H2,1-2H3/t9-,12?/m0/s1. The van der Waals surface area contributed by atoms with Crippen LogP contribution < -0.4 is 10.1 Å². The normalized spacial score (nSPS) is 21.4. The lowest BCUT2D eigenvalue weighted by Crippen LogP contribution is -2.19. The molecule has 0 bridgehead atoms. The summed E-state index contributed by atoms with van der Waals surface area (Å²) >= 11 is 7.35. The van der Waals surface area contributed by atoms with E-state index in [0.29, 0.717) is 11.3 Å². The zero-order chi connectivity index (χ0) is 14.1. The van der Waals surface area contributed by atoms with Crippen molar-refractivity contribution in [2.45, 2.75) is 28.8 Å². The number of nitrogens with one attached hydrogen (secondary N) is 1. The Morgan fingerprint density at radius 2 is 2.20 bits per heavy atom. The van der Waals surface area contributed by atoms with Crippen molar-refractivity contribution in [2.75, 3.05) is 12.4 Å². The van der Waals surface area contributed by atoms with E-state index in [1.807, 2.05) is 35.2 Å². The monoisotopic (exact) mass is 369 g/mol. The van der Waals surface area contributed by atoms with Gasteiger partial charge >= 0.3 is 0 Å². The molecular weight excluding hydrogens is 354 g/mol. The van der Waals surface area contributed by atoms with Crippen LogP contribution in [0.1, 0.15) is 24.9 Å². The average Bonchev–Trinajstić information content (AvgIpc) is 2.87. The van der Waals surface area contributed by atoms with E-state index in [-0.39, 0.29) is 0 Å². The van der Waals surface area contributed by atoms with Crippen molar-refractivity contribution in [1.29, 1.82) is 0 Å². The number of fused-ring (bicyclic) bond motifs is 1. The predicted octanol–water partition coefficient (Wildman–Crippen LogP) is 5.56. The van der Waals surface area contributed by atoms with Gasteiger partial charge in [-0.25, -0.2) is 0 Å². The maximum Gasteiger partial charge on any atom is 0.142 e. The summed E-state index contributed by atoms with van der Waals surface area (Å²) in [6, 6.07) is 8.66. The molecule has 1 aliphatic rings. The molecule has 2 aromatic rings. The molecular formula is C15H16BrNOS2. The third-order valence-electron chi connectivity index (χ3n) is 3.40. The minimum Gasteiger partial charge on any atom is -0.495 e. The van der Waals surface area contributed by atoms with Crippen LogP contribution in [0.2, 0.25) is 0 Å². The van der Waals surface area contributed by atoms with Gasteiger partial charge in [-0.05, 0) is 41.6 Å². The van der Waals surface area contributed by atoms with Gasteiger partial charge in [0.15, 0.2) is 0 Å². The van der Waals surface area contributed by atoms with E-state index in [1.165, 1.54) is 9.77 Å². The smallest absolute Gasteiger partial charge is 0.142 e. The highest BCUT2D eigenvalue weighted by Gasteiger charge is 2.26. The molecule has 2 heterocycles. The average molecular weight is 370 g/mol. The number of benzene rings is 1. The minimum absolute atomic E-state index is 0.357. The molecule has 20 heavy (non-hydrogen) atoms. The molecule has 1 aromatic heterocycles. The maximum absolute atomic E-state index is 5.45. The third-order valence-corrected chi connectivity index (χ3v) is 6.24. The Morgan fingerprint density at radius 3 is 3.00 bits per heavy atom. The van der Waals surface area contributed by atoms with Crippen molar-refractivity contribution >= 4 is 44.7 Å². The van der Waals surface area contributed by atoms with E-state index in [1.54, 1.807) is 7.11 Å². The molecule has 1 N–H and O–H groups in total. The van der Waals surface area contributed by atoms with Crippen LogP contribution in [0.25, 0.3) is 0 Å². The lowest BCUT2D eigenvalue weighted by Gasteiger charge is -2.29. The van der Waals surface area contributed by atoms with Crippen molar-refractivity contribution in [3.05, 3.63) is 39.7 Å². The molecule has 106 valence electrons. The Kier molecular flexibility index (Phi) is 4.29. The molecule has 0 spiro atoms. The van der Waals surface area contributed by atoms with Gasteiger partial charge in [0.1, 0.15) is 5.75 Å². The van der Waals surface area contributed by atoms with Gasteiger partial charge in [0, 0.05) is 9.72 Å². The lowest BCUT2D eigenvalue weighted by atomic mass is 10.0. The van der Waals surface area contributed by atoms with Gasteiger partial charge in [0.2, 0.25) is 0 Å². The zero-order valence-electron chi connectivity index (χ0n) is 11.4. The van der Waals surface area contributed by atoms with Crippen LogP contribution in [0.15, 0.2) is 38.3 Å². The number of hydrogen-bond donors (Lipinski definition) is 1. The van der Waals surface area contributed by atoms with Crippen molar-refractivity contribution in [1.82, 2.24) is 0 Å². The molecule has 0 aliphatic carbocycles. The molecule has 0 saturated heterocycles. The minimum atomic E-state index is 0.357. The molecule has 1 unspecified atom stereocenters. The molecule has 1 aliphatic heterocycles. The largest absolute Gasteiger partial charge is 0.495 e. The maximum atomic E-state index is 5.45. The molecule has 2 nitrogen and oxygen atoms in total. The van der Waals surface area contributed by atoms with Gasteiger partial charge in [-0.3, -0.25) is 0 Å². The summed E-state index contributed by atoms with van der Waals surface area (Å²) in [5, 5.41) is 6.47. The van der Waals surface area contributed by atoms with Crippen molar-refractivity contribution in [3.8, 4) is 5.75 Å². The first kappa shape index (κ1) is 14.3. The Balaban J connectivity index is 1.91. The molecule has 0 radical (unpaired) electrons. The fraction of sp³-hybridized carbons (Fsp3) is 0.333. The van der Waals surface area contributed by atoms with Crippen LogP contribution in [-0.2, 0) is 0 Å². The topological polar surface area (TPSA) is 21.3 Å². The first-order chi connectivity index (χ1) is 9.67. The summed E-state index contributed by atoms with van der Waals surface area (Å²) in [5.41, 5.74) is 2.46. The summed E-state index contributed by atoms with van der Waals surface area (Å²) in [6.07, 6.45) is 1.13. The number of hydrogen-bond acceptors (Lipinski definition) is 4. The van der Waals surface area contributed by atoms with Crippen LogP contribution >= 0.6 is 39.0 Å². The van der Waals surface area contributed by atoms with Crippen LogP contribution in [0.3, 0.4) is 0 Å². The van der Waals surface area contributed by atoms with Gasteiger partial charge in [0.25, 0.3) is 0 Å².